The quantitative estimate of drug-likeness (QED) is 0.704. The minimum absolute atomic E-state index is 0.0788. The molecule has 0 amide bonds. The molecule has 2 nitrogen and oxygen atoms in total. The van der Waals surface area contributed by atoms with E-state index >= 15 is 0 Å². The van der Waals surface area contributed by atoms with Crippen molar-refractivity contribution >= 4 is 19.7 Å². The van der Waals surface area contributed by atoms with Gasteiger partial charge in [-0.15, -0.1) is 0 Å². The van der Waals surface area contributed by atoms with E-state index in [1.165, 1.54) is 6.42 Å². The highest BCUT2D eigenvalue weighted by atomic mass is 35.7. The molecule has 3 aliphatic carbocycles. The van der Waals surface area contributed by atoms with Crippen LogP contribution in [0.2, 0.25) is 0 Å². The summed E-state index contributed by atoms with van der Waals surface area (Å²) in [6, 6.07) is 0. The predicted molar refractivity (Wildman–Crippen MR) is 57.8 cm³/mol. The first kappa shape index (κ1) is 10.7. The fourth-order valence-electron chi connectivity index (χ4n) is 3.83. The highest BCUT2D eigenvalue weighted by molar-refractivity contribution is 8.13. The Morgan fingerprint density at radius 3 is 2.07 bits per heavy atom. The van der Waals surface area contributed by atoms with E-state index in [0.29, 0.717) is 5.41 Å². The fourth-order valence-corrected chi connectivity index (χ4v) is 5.56. The van der Waals surface area contributed by atoms with Crippen LogP contribution >= 0.6 is 10.7 Å². The minimum atomic E-state index is -3.29. The number of hydrogen-bond acceptors (Lipinski definition) is 2. The van der Waals surface area contributed by atoms with Gasteiger partial charge in [0, 0.05) is 10.7 Å². The molecule has 0 aromatic heterocycles. The van der Waals surface area contributed by atoms with Crippen molar-refractivity contribution < 1.29 is 8.42 Å². The molecule has 82 valence electrons. The average Bonchev–Trinajstić information content (AvgIpc) is 1.75. The maximum Gasteiger partial charge on any atom is 0.233 e. The molecule has 0 aromatic carbocycles. The van der Waals surface area contributed by atoms with Crippen molar-refractivity contribution in [2.45, 2.75) is 39.5 Å². The second kappa shape index (κ2) is 2.88. The molecule has 0 saturated heterocycles. The van der Waals surface area contributed by atoms with Gasteiger partial charge >= 0.3 is 0 Å². The first-order chi connectivity index (χ1) is 6.24. The predicted octanol–water partition coefficient (Wildman–Crippen LogP) is 2.77. The Labute approximate surface area is 90.4 Å². The number of hydrogen-bond donors (Lipinski definition) is 0. The van der Waals surface area contributed by atoms with Crippen molar-refractivity contribution in [1.29, 1.82) is 0 Å². The van der Waals surface area contributed by atoms with Crippen LogP contribution in [-0.2, 0) is 9.05 Å². The van der Waals surface area contributed by atoms with Crippen LogP contribution in [0.3, 0.4) is 0 Å². The SMILES string of the molecule is CC(C)CC12CC(CS(=O)(=O)Cl)(C1)C2. The van der Waals surface area contributed by atoms with Gasteiger partial charge in [-0.05, 0) is 42.4 Å². The third-order valence-electron chi connectivity index (χ3n) is 3.57. The van der Waals surface area contributed by atoms with Gasteiger partial charge in [0.2, 0.25) is 9.05 Å². The van der Waals surface area contributed by atoms with Crippen molar-refractivity contribution in [2.75, 3.05) is 5.75 Å². The molecule has 2 bridgehead atoms. The molecule has 0 spiro atoms. The van der Waals surface area contributed by atoms with Crippen LogP contribution in [0.25, 0.3) is 0 Å². The van der Waals surface area contributed by atoms with E-state index in [4.69, 9.17) is 10.7 Å². The maximum atomic E-state index is 11.0. The van der Waals surface area contributed by atoms with Gasteiger partial charge in [0.05, 0.1) is 5.75 Å². The lowest BCUT2D eigenvalue weighted by Gasteiger charge is -2.71. The van der Waals surface area contributed by atoms with Gasteiger partial charge in [0.15, 0.2) is 0 Å². The molecule has 3 fully saturated rings. The molecule has 0 radical (unpaired) electrons. The summed E-state index contributed by atoms with van der Waals surface area (Å²) in [4.78, 5) is 0. The molecule has 0 N–H and O–H groups in total. The topological polar surface area (TPSA) is 34.1 Å². The molecule has 0 heterocycles. The van der Waals surface area contributed by atoms with Gasteiger partial charge in [0.25, 0.3) is 0 Å². The Balaban J connectivity index is 1.89. The van der Waals surface area contributed by atoms with E-state index in [9.17, 15) is 8.42 Å². The summed E-state index contributed by atoms with van der Waals surface area (Å²) < 4.78 is 21.9. The Bertz CT molecular complexity index is 325. The van der Waals surface area contributed by atoms with Crippen molar-refractivity contribution in [3.05, 3.63) is 0 Å². The Morgan fingerprint density at radius 2 is 1.71 bits per heavy atom. The summed E-state index contributed by atoms with van der Waals surface area (Å²) in [5.74, 6) is 0.919. The lowest BCUT2D eigenvalue weighted by Crippen LogP contribution is -2.64. The van der Waals surface area contributed by atoms with Crippen molar-refractivity contribution in [3.63, 3.8) is 0 Å². The van der Waals surface area contributed by atoms with E-state index in [-0.39, 0.29) is 11.2 Å². The normalized spacial score (nSPS) is 40.6. The van der Waals surface area contributed by atoms with E-state index in [2.05, 4.69) is 13.8 Å². The maximum absolute atomic E-state index is 11.0. The number of rotatable bonds is 4. The Morgan fingerprint density at radius 1 is 1.21 bits per heavy atom. The second-order valence-electron chi connectivity index (χ2n) is 5.81. The van der Waals surface area contributed by atoms with Crippen molar-refractivity contribution in [3.8, 4) is 0 Å². The lowest BCUT2D eigenvalue weighted by molar-refractivity contribution is -0.196. The molecule has 0 atom stereocenters. The number of halogens is 1. The van der Waals surface area contributed by atoms with Gasteiger partial charge in [-0.3, -0.25) is 0 Å². The van der Waals surface area contributed by atoms with Crippen molar-refractivity contribution in [2.24, 2.45) is 16.7 Å². The molecule has 0 unspecified atom stereocenters. The van der Waals surface area contributed by atoms with Gasteiger partial charge in [-0.1, -0.05) is 13.8 Å². The van der Waals surface area contributed by atoms with Gasteiger partial charge in [-0.25, -0.2) is 8.42 Å². The molecule has 3 rings (SSSR count). The van der Waals surface area contributed by atoms with Gasteiger partial charge in [-0.2, -0.15) is 0 Å². The molecular formula is C10H17ClO2S. The van der Waals surface area contributed by atoms with Crippen LogP contribution in [0, 0.1) is 16.7 Å². The van der Waals surface area contributed by atoms with E-state index in [1.807, 2.05) is 0 Å². The van der Waals surface area contributed by atoms with Gasteiger partial charge < -0.3 is 0 Å². The Hall–Kier alpha value is 0.240. The summed E-state index contributed by atoms with van der Waals surface area (Å²) in [6.07, 6.45) is 4.51. The van der Waals surface area contributed by atoms with Crippen LogP contribution in [0.5, 0.6) is 0 Å². The van der Waals surface area contributed by atoms with Crippen LogP contribution in [-0.4, -0.2) is 14.2 Å². The van der Waals surface area contributed by atoms with Crippen LogP contribution in [0.1, 0.15) is 39.5 Å². The second-order valence-corrected chi connectivity index (χ2v) is 8.59. The standard InChI is InChI=1S/C10H17ClO2S/c1-8(2)3-9-4-10(5-9,6-9)7-14(11,12)13/h8H,3-7H2,1-2H3. The molecule has 4 heteroatoms. The smallest absolute Gasteiger partial charge is 0.212 e. The zero-order valence-corrected chi connectivity index (χ0v) is 10.3. The average molecular weight is 237 g/mol. The first-order valence-corrected chi connectivity index (χ1v) is 7.65. The zero-order valence-electron chi connectivity index (χ0n) is 8.72. The molecule has 3 aliphatic rings. The highest BCUT2D eigenvalue weighted by Crippen LogP contribution is 2.75. The summed E-state index contributed by atoms with van der Waals surface area (Å²) in [5, 5.41) is 0. The molecule has 14 heavy (non-hydrogen) atoms. The fraction of sp³-hybridized carbons (Fsp3) is 1.00. The summed E-state index contributed by atoms with van der Waals surface area (Å²) in [5.41, 5.74) is 0.575. The molecule has 3 saturated carbocycles. The molecule has 0 aliphatic heterocycles. The summed E-state index contributed by atoms with van der Waals surface area (Å²) in [7, 11) is 1.99. The third kappa shape index (κ3) is 1.81. The zero-order chi connectivity index (χ0) is 10.6. The van der Waals surface area contributed by atoms with Crippen LogP contribution in [0.4, 0.5) is 0 Å². The molecule has 0 aromatic rings. The largest absolute Gasteiger partial charge is 0.233 e. The minimum Gasteiger partial charge on any atom is -0.212 e. The molecular weight excluding hydrogens is 220 g/mol. The van der Waals surface area contributed by atoms with E-state index in [1.54, 1.807) is 0 Å². The van der Waals surface area contributed by atoms with Crippen LogP contribution in [0.15, 0.2) is 0 Å². The third-order valence-corrected chi connectivity index (χ3v) is 4.85. The summed E-state index contributed by atoms with van der Waals surface area (Å²) >= 11 is 0. The highest BCUT2D eigenvalue weighted by Gasteiger charge is 2.67. The lowest BCUT2D eigenvalue weighted by atomic mass is 9.34. The van der Waals surface area contributed by atoms with Gasteiger partial charge in [0.1, 0.15) is 0 Å². The summed E-state index contributed by atoms with van der Waals surface area (Å²) in [6.45, 7) is 4.46. The van der Waals surface area contributed by atoms with E-state index in [0.717, 1.165) is 25.2 Å². The van der Waals surface area contributed by atoms with Crippen molar-refractivity contribution in [1.82, 2.24) is 0 Å². The van der Waals surface area contributed by atoms with E-state index < -0.39 is 9.05 Å². The Kier molecular flexibility index (Phi) is 2.21. The van der Waals surface area contributed by atoms with Crippen LogP contribution < -0.4 is 0 Å². The first-order valence-electron chi connectivity index (χ1n) is 5.17. The monoisotopic (exact) mass is 236 g/mol.